The number of para-hydroxylation sites is 1. The molecule has 0 aliphatic heterocycles. The van der Waals surface area contributed by atoms with Gasteiger partial charge in [-0.2, -0.15) is 0 Å². The molecule has 3 rings (SSSR count). The van der Waals surface area contributed by atoms with Crippen molar-refractivity contribution in [2.24, 2.45) is 17.8 Å². The molecule has 0 bridgehead atoms. The van der Waals surface area contributed by atoms with Gasteiger partial charge in [0.05, 0.1) is 16.3 Å². The highest BCUT2D eigenvalue weighted by Crippen LogP contribution is 2.40. The van der Waals surface area contributed by atoms with Crippen LogP contribution < -0.4 is 4.90 Å². The number of hydrogen-bond acceptors (Lipinski definition) is 3. The summed E-state index contributed by atoms with van der Waals surface area (Å²) in [6, 6.07) is 17.4. The Morgan fingerprint density at radius 2 is 1.74 bits per heavy atom. The number of nitrogens with zero attached hydrogens (tertiary/aromatic N) is 1. The molecule has 0 fully saturated rings. The van der Waals surface area contributed by atoms with Gasteiger partial charge in [0.2, 0.25) is 0 Å². The van der Waals surface area contributed by atoms with Crippen molar-refractivity contribution in [2.75, 3.05) is 11.4 Å². The van der Waals surface area contributed by atoms with Gasteiger partial charge in [0.15, 0.2) is 0 Å². The van der Waals surface area contributed by atoms with Crippen LogP contribution in [0.4, 0.5) is 15.8 Å². The highest BCUT2D eigenvalue weighted by Gasteiger charge is 2.23. The molecule has 1 unspecified atom stereocenters. The standard InChI is InChI=1S/C28H31ClFNO2S/c1-17(2)10-21(18(3)4)16-31(23-8-6-5-7-9-23)26-15-25(29)24(14-27(26)34)19-11-20(28(32)33)13-22(30)12-19/h5-9,11-15,17-18,21,34H,10,16H2,1-4H3,(H,32,33). The molecule has 3 aromatic rings. The Labute approximate surface area is 212 Å². The molecule has 0 saturated heterocycles. The second-order valence-corrected chi connectivity index (χ2v) is 10.3. The van der Waals surface area contributed by atoms with E-state index >= 15 is 0 Å². The Bertz CT molecular complexity index is 1150. The molecule has 1 N–H and O–H groups in total. The largest absolute Gasteiger partial charge is 0.478 e. The summed E-state index contributed by atoms with van der Waals surface area (Å²) in [5, 5.41) is 9.72. The molecule has 0 radical (unpaired) electrons. The summed E-state index contributed by atoms with van der Waals surface area (Å²) >= 11 is 11.5. The van der Waals surface area contributed by atoms with Gasteiger partial charge in [-0.05, 0) is 72.2 Å². The quantitative estimate of drug-likeness (QED) is 0.289. The summed E-state index contributed by atoms with van der Waals surface area (Å²) in [4.78, 5) is 14.3. The van der Waals surface area contributed by atoms with E-state index in [9.17, 15) is 14.3 Å². The fourth-order valence-corrected chi connectivity index (χ4v) is 4.79. The van der Waals surface area contributed by atoms with Crippen molar-refractivity contribution in [3.8, 4) is 11.1 Å². The Morgan fingerprint density at radius 1 is 1.06 bits per heavy atom. The molecule has 3 aromatic carbocycles. The van der Waals surface area contributed by atoms with Gasteiger partial charge >= 0.3 is 5.97 Å². The van der Waals surface area contributed by atoms with E-state index in [0.717, 1.165) is 30.4 Å². The van der Waals surface area contributed by atoms with Crippen molar-refractivity contribution in [3.05, 3.63) is 77.1 Å². The second-order valence-electron chi connectivity index (χ2n) is 9.43. The smallest absolute Gasteiger partial charge is 0.335 e. The lowest BCUT2D eigenvalue weighted by molar-refractivity contribution is 0.0696. The number of halogens is 2. The van der Waals surface area contributed by atoms with Crippen molar-refractivity contribution < 1.29 is 14.3 Å². The Hall–Kier alpha value is -2.50. The maximum atomic E-state index is 14.1. The molecule has 34 heavy (non-hydrogen) atoms. The van der Waals surface area contributed by atoms with Crippen LogP contribution in [0.5, 0.6) is 0 Å². The van der Waals surface area contributed by atoms with Crippen molar-refractivity contribution in [3.63, 3.8) is 0 Å². The number of benzene rings is 3. The molecule has 0 saturated carbocycles. The molecule has 0 heterocycles. The topological polar surface area (TPSA) is 40.5 Å². The molecule has 3 nitrogen and oxygen atoms in total. The van der Waals surface area contributed by atoms with Gasteiger partial charge in [0.25, 0.3) is 0 Å². The SMILES string of the molecule is CC(C)CC(CN(c1ccccc1)c1cc(Cl)c(-c2cc(F)cc(C(=O)O)c2)cc1S)C(C)C. The van der Waals surface area contributed by atoms with E-state index in [1.165, 1.54) is 12.1 Å². The zero-order valence-electron chi connectivity index (χ0n) is 19.9. The lowest BCUT2D eigenvalue weighted by Crippen LogP contribution is -2.29. The number of thiol groups is 1. The van der Waals surface area contributed by atoms with Crippen LogP contribution in [0.1, 0.15) is 44.5 Å². The zero-order valence-corrected chi connectivity index (χ0v) is 21.6. The summed E-state index contributed by atoms with van der Waals surface area (Å²) in [6.07, 6.45) is 1.09. The predicted octanol–water partition coefficient (Wildman–Crippen LogP) is 8.59. The van der Waals surface area contributed by atoms with Gasteiger partial charge in [-0.15, -0.1) is 12.6 Å². The maximum Gasteiger partial charge on any atom is 0.335 e. The third-order valence-electron chi connectivity index (χ3n) is 6.01. The molecule has 1 atom stereocenters. The minimum Gasteiger partial charge on any atom is -0.478 e. The van der Waals surface area contributed by atoms with Crippen molar-refractivity contribution in [2.45, 2.75) is 39.0 Å². The molecule has 0 aliphatic carbocycles. The van der Waals surface area contributed by atoms with E-state index in [0.29, 0.717) is 38.8 Å². The maximum absolute atomic E-state index is 14.1. The number of carbonyl (C=O) groups is 1. The van der Waals surface area contributed by atoms with Crippen LogP contribution >= 0.6 is 24.2 Å². The first-order valence-electron chi connectivity index (χ1n) is 11.5. The van der Waals surface area contributed by atoms with Gasteiger partial charge in [0, 0.05) is 22.7 Å². The lowest BCUT2D eigenvalue weighted by atomic mass is 9.87. The van der Waals surface area contributed by atoms with Gasteiger partial charge in [-0.25, -0.2) is 9.18 Å². The average molecular weight is 500 g/mol. The van der Waals surface area contributed by atoms with E-state index in [2.05, 4.69) is 44.7 Å². The molecular formula is C28H31ClFNO2S. The van der Waals surface area contributed by atoms with Crippen LogP contribution in [0.2, 0.25) is 5.02 Å². The van der Waals surface area contributed by atoms with Crippen LogP contribution in [-0.4, -0.2) is 17.6 Å². The van der Waals surface area contributed by atoms with Gasteiger partial charge in [0.1, 0.15) is 5.82 Å². The van der Waals surface area contributed by atoms with E-state index < -0.39 is 11.8 Å². The van der Waals surface area contributed by atoms with Crippen LogP contribution in [0.3, 0.4) is 0 Å². The summed E-state index contributed by atoms with van der Waals surface area (Å²) in [5.74, 6) is -0.307. The second kappa shape index (κ2) is 11.3. The van der Waals surface area contributed by atoms with Gasteiger partial charge in [-0.3, -0.25) is 0 Å². The van der Waals surface area contributed by atoms with E-state index in [1.807, 2.05) is 24.3 Å². The Morgan fingerprint density at radius 3 is 2.32 bits per heavy atom. The predicted molar refractivity (Wildman–Crippen MR) is 142 cm³/mol. The summed E-state index contributed by atoms with van der Waals surface area (Å²) in [5.41, 5.74) is 2.70. The molecule has 0 aromatic heterocycles. The van der Waals surface area contributed by atoms with Crippen molar-refractivity contribution >= 4 is 41.6 Å². The van der Waals surface area contributed by atoms with Crippen LogP contribution in [-0.2, 0) is 0 Å². The number of hydrogen-bond donors (Lipinski definition) is 2. The summed E-state index contributed by atoms with van der Waals surface area (Å²) < 4.78 is 14.1. The van der Waals surface area contributed by atoms with Crippen molar-refractivity contribution in [1.29, 1.82) is 0 Å². The molecular weight excluding hydrogens is 469 g/mol. The van der Waals surface area contributed by atoms with Crippen LogP contribution in [0, 0.1) is 23.6 Å². The number of rotatable bonds is 9. The normalized spacial score (nSPS) is 12.3. The number of anilines is 2. The third-order valence-corrected chi connectivity index (χ3v) is 6.68. The van der Waals surface area contributed by atoms with E-state index in [-0.39, 0.29) is 5.56 Å². The Kier molecular flexibility index (Phi) is 8.67. The fourth-order valence-electron chi connectivity index (χ4n) is 4.21. The minimum atomic E-state index is -1.19. The average Bonchev–Trinajstić information content (AvgIpc) is 2.77. The third kappa shape index (κ3) is 6.34. The van der Waals surface area contributed by atoms with Crippen LogP contribution in [0.25, 0.3) is 11.1 Å². The molecule has 6 heteroatoms. The number of aromatic carboxylic acids is 1. The highest BCUT2D eigenvalue weighted by atomic mass is 35.5. The van der Waals surface area contributed by atoms with Crippen molar-refractivity contribution in [1.82, 2.24) is 0 Å². The first-order chi connectivity index (χ1) is 16.1. The molecule has 180 valence electrons. The van der Waals surface area contributed by atoms with Gasteiger partial charge < -0.3 is 10.0 Å². The molecule has 0 amide bonds. The summed E-state index contributed by atoms with van der Waals surface area (Å²) in [6.45, 7) is 9.77. The van der Waals surface area contributed by atoms with E-state index in [1.54, 1.807) is 6.07 Å². The fraction of sp³-hybridized carbons (Fsp3) is 0.321. The zero-order chi connectivity index (χ0) is 25.0. The lowest BCUT2D eigenvalue weighted by Gasteiger charge is -2.33. The highest BCUT2D eigenvalue weighted by molar-refractivity contribution is 7.80. The molecule has 0 aliphatic rings. The van der Waals surface area contributed by atoms with E-state index in [4.69, 9.17) is 24.2 Å². The number of carboxylic acids is 1. The first-order valence-corrected chi connectivity index (χ1v) is 12.3. The Balaban J connectivity index is 2.09. The monoisotopic (exact) mass is 499 g/mol. The minimum absolute atomic E-state index is 0.129. The van der Waals surface area contributed by atoms with Crippen LogP contribution in [0.15, 0.2) is 65.6 Å². The first kappa shape index (κ1) is 26.1. The number of carboxylic acid groups (broad SMARTS) is 1. The molecule has 0 spiro atoms. The van der Waals surface area contributed by atoms with Gasteiger partial charge in [-0.1, -0.05) is 57.5 Å². The summed E-state index contributed by atoms with van der Waals surface area (Å²) in [7, 11) is 0.